The lowest BCUT2D eigenvalue weighted by atomic mass is 10.2. The summed E-state index contributed by atoms with van der Waals surface area (Å²) >= 11 is 0. The Morgan fingerprint density at radius 1 is 1.44 bits per heavy atom. The van der Waals surface area contributed by atoms with Gasteiger partial charge in [-0.05, 0) is 12.1 Å². The molecule has 0 bridgehead atoms. The van der Waals surface area contributed by atoms with Gasteiger partial charge >= 0.3 is 0 Å². The van der Waals surface area contributed by atoms with Crippen molar-refractivity contribution in [1.82, 2.24) is 5.32 Å². The Labute approximate surface area is 107 Å². The van der Waals surface area contributed by atoms with E-state index in [0.717, 1.165) is 11.4 Å². The van der Waals surface area contributed by atoms with E-state index in [1.165, 1.54) is 0 Å². The number of ether oxygens (including phenoxy) is 1. The quantitative estimate of drug-likeness (QED) is 0.827. The van der Waals surface area contributed by atoms with Crippen molar-refractivity contribution in [1.29, 1.82) is 0 Å². The minimum atomic E-state index is -0.269. The molecule has 1 amide bonds. The average Bonchev–Trinajstić information content (AvgIpc) is 2.40. The molecule has 1 unspecified atom stereocenters. The van der Waals surface area contributed by atoms with Gasteiger partial charge in [-0.25, -0.2) is 0 Å². The molecule has 18 heavy (non-hydrogen) atoms. The summed E-state index contributed by atoms with van der Waals surface area (Å²) in [5, 5.41) is 6.08. The normalized spacial score (nSPS) is 19.3. The highest BCUT2D eigenvalue weighted by Gasteiger charge is 2.21. The third-order valence-corrected chi connectivity index (χ3v) is 2.88. The first-order valence-corrected chi connectivity index (χ1v) is 6.07. The third-order valence-electron chi connectivity index (χ3n) is 2.88. The van der Waals surface area contributed by atoms with E-state index in [-0.39, 0.29) is 11.9 Å². The molecule has 0 radical (unpaired) electrons. The van der Waals surface area contributed by atoms with E-state index in [9.17, 15) is 4.79 Å². The Hall–Kier alpha value is -1.59. The van der Waals surface area contributed by atoms with Crippen molar-refractivity contribution < 1.29 is 9.53 Å². The maximum Gasteiger partial charge on any atom is 0.243 e. The van der Waals surface area contributed by atoms with Crippen LogP contribution in [0, 0.1) is 0 Å². The number of anilines is 2. The number of carbonyl (C=O) groups excluding carboxylic acids is 1. The maximum atomic E-state index is 12.1. The van der Waals surface area contributed by atoms with Gasteiger partial charge in [-0.15, -0.1) is 0 Å². The van der Waals surface area contributed by atoms with Crippen LogP contribution in [0.2, 0.25) is 0 Å². The summed E-state index contributed by atoms with van der Waals surface area (Å²) in [7, 11) is 3.90. The number of benzene rings is 1. The minimum Gasteiger partial charge on any atom is -0.378 e. The largest absolute Gasteiger partial charge is 0.378 e. The Morgan fingerprint density at radius 3 is 2.89 bits per heavy atom. The number of amides is 1. The number of carbonyl (C=O) groups is 1. The van der Waals surface area contributed by atoms with Crippen LogP contribution >= 0.6 is 0 Å². The highest BCUT2D eigenvalue weighted by molar-refractivity contribution is 5.97. The summed E-state index contributed by atoms with van der Waals surface area (Å²) in [6.07, 6.45) is 0. The van der Waals surface area contributed by atoms with Crippen molar-refractivity contribution in [3.05, 3.63) is 24.3 Å². The number of nitrogens with zero attached hydrogens (tertiary/aromatic N) is 1. The molecule has 1 aliphatic heterocycles. The smallest absolute Gasteiger partial charge is 0.243 e. The summed E-state index contributed by atoms with van der Waals surface area (Å²) in [5.41, 5.74) is 1.81. The van der Waals surface area contributed by atoms with Gasteiger partial charge in [-0.3, -0.25) is 4.79 Å². The predicted octanol–water partition coefficient (Wildman–Crippen LogP) is 0.679. The average molecular weight is 249 g/mol. The number of hydrogen-bond donors (Lipinski definition) is 2. The monoisotopic (exact) mass is 249 g/mol. The van der Waals surface area contributed by atoms with Crippen LogP contribution in [-0.4, -0.2) is 45.8 Å². The Bertz CT molecular complexity index is 414. The topological polar surface area (TPSA) is 53.6 Å². The highest BCUT2D eigenvalue weighted by atomic mass is 16.5. The van der Waals surface area contributed by atoms with Gasteiger partial charge in [0.15, 0.2) is 0 Å². The van der Waals surface area contributed by atoms with Crippen LogP contribution in [0.3, 0.4) is 0 Å². The molecule has 2 rings (SSSR count). The second kappa shape index (κ2) is 5.84. The first-order valence-electron chi connectivity index (χ1n) is 6.07. The third kappa shape index (κ3) is 3.00. The maximum absolute atomic E-state index is 12.1. The first kappa shape index (κ1) is 12.9. The van der Waals surface area contributed by atoms with E-state index in [0.29, 0.717) is 19.8 Å². The summed E-state index contributed by atoms with van der Waals surface area (Å²) in [5.74, 6) is -0.0519. The fourth-order valence-electron chi connectivity index (χ4n) is 1.92. The molecule has 98 valence electrons. The lowest BCUT2D eigenvalue weighted by Gasteiger charge is -2.24. The molecule has 2 N–H and O–H groups in total. The molecule has 1 fully saturated rings. The van der Waals surface area contributed by atoms with Gasteiger partial charge in [0.2, 0.25) is 5.91 Å². The van der Waals surface area contributed by atoms with Gasteiger partial charge in [0.05, 0.1) is 24.6 Å². The second-order valence-corrected chi connectivity index (χ2v) is 4.48. The second-order valence-electron chi connectivity index (χ2n) is 4.48. The van der Waals surface area contributed by atoms with Gasteiger partial charge in [-0.1, -0.05) is 12.1 Å². The molecule has 1 aromatic rings. The standard InChI is InChI=1S/C13H19N3O2/c1-16(2)12-6-4-3-5-10(12)15-13(17)11-9-18-8-7-14-11/h3-6,11,14H,7-9H2,1-2H3,(H,15,17). The highest BCUT2D eigenvalue weighted by Crippen LogP contribution is 2.23. The van der Waals surface area contributed by atoms with Crippen LogP contribution in [0.25, 0.3) is 0 Å². The van der Waals surface area contributed by atoms with E-state index in [1.54, 1.807) is 0 Å². The molecule has 1 heterocycles. The van der Waals surface area contributed by atoms with Crippen molar-refractivity contribution in [2.45, 2.75) is 6.04 Å². The number of nitrogens with one attached hydrogen (secondary N) is 2. The predicted molar refractivity (Wildman–Crippen MR) is 72.0 cm³/mol. The summed E-state index contributed by atoms with van der Waals surface area (Å²) < 4.78 is 5.28. The lowest BCUT2D eigenvalue weighted by molar-refractivity contribution is -0.120. The Morgan fingerprint density at radius 2 is 2.22 bits per heavy atom. The van der Waals surface area contributed by atoms with Crippen molar-refractivity contribution in [2.75, 3.05) is 44.1 Å². The van der Waals surface area contributed by atoms with Gasteiger partial charge in [0.25, 0.3) is 0 Å². The number of morpholine rings is 1. The van der Waals surface area contributed by atoms with Crippen LogP contribution < -0.4 is 15.5 Å². The van der Waals surface area contributed by atoms with Gasteiger partial charge in [0.1, 0.15) is 6.04 Å². The van der Waals surface area contributed by atoms with Gasteiger partial charge < -0.3 is 20.3 Å². The van der Waals surface area contributed by atoms with Gasteiger partial charge in [-0.2, -0.15) is 0 Å². The lowest BCUT2D eigenvalue weighted by Crippen LogP contribution is -2.48. The van der Waals surface area contributed by atoms with E-state index >= 15 is 0 Å². The molecule has 0 aliphatic carbocycles. The van der Waals surface area contributed by atoms with Gasteiger partial charge in [0, 0.05) is 20.6 Å². The molecule has 1 aliphatic rings. The van der Waals surface area contributed by atoms with Crippen LogP contribution in [0.5, 0.6) is 0 Å². The summed E-state index contributed by atoms with van der Waals surface area (Å²) in [6.45, 7) is 1.81. The van der Waals surface area contributed by atoms with E-state index < -0.39 is 0 Å². The molecule has 0 saturated carbocycles. The van der Waals surface area contributed by atoms with Crippen molar-refractivity contribution in [3.8, 4) is 0 Å². The molecule has 5 heteroatoms. The minimum absolute atomic E-state index is 0.0519. The zero-order chi connectivity index (χ0) is 13.0. The van der Waals surface area contributed by atoms with Crippen LogP contribution in [0.1, 0.15) is 0 Å². The van der Waals surface area contributed by atoms with Crippen LogP contribution in [0.4, 0.5) is 11.4 Å². The summed E-state index contributed by atoms with van der Waals surface area (Å²) in [4.78, 5) is 14.0. The fraction of sp³-hybridized carbons (Fsp3) is 0.462. The molecule has 1 atom stereocenters. The zero-order valence-corrected chi connectivity index (χ0v) is 10.8. The van der Waals surface area contributed by atoms with Crippen molar-refractivity contribution >= 4 is 17.3 Å². The SMILES string of the molecule is CN(C)c1ccccc1NC(=O)C1COCCN1. The molecule has 5 nitrogen and oxygen atoms in total. The molecule has 0 spiro atoms. The number of para-hydroxylation sites is 2. The number of hydrogen-bond acceptors (Lipinski definition) is 4. The van der Waals surface area contributed by atoms with Crippen LogP contribution in [-0.2, 0) is 9.53 Å². The number of rotatable bonds is 3. The van der Waals surface area contributed by atoms with Crippen molar-refractivity contribution in [3.63, 3.8) is 0 Å². The van der Waals surface area contributed by atoms with E-state index in [2.05, 4.69) is 10.6 Å². The Balaban J connectivity index is 2.06. The Kier molecular flexibility index (Phi) is 4.17. The van der Waals surface area contributed by atoms with E-state index in [1.807, 2.05) is 43.3 Å². The molecule has 1 aromatic carbocycles. The molecule has 1 saturated heterocycles. The fourth-order valence-corrected chi connectivity index (χ4v) is 1.92. The molecule has 0 aromatic heterocycles. The van der Waals surface area contributed by atoms with Crippen molar-refractivity contribution in [2.24, 2.45) is 0 Å². The summed E-state index contributed by atoms with van der Waals surface area (Å²) in [6, 6.07) is 7.46. The van der Waals surface area contributed by atoms with Crippen LogP contribution in [0.15, 0.2) is 24.3 Å². The molecular formula is C13H19N3O2. The zero-order valence-electron chi connectivity index (χ0n) is 10.8. The molecular weight excluding hydrogens is 230 g/mol. The van der Waals surface area contributed by atoms with E-state index in [4.69, 9.17) is 4.74 Å². The first-order chi connectivity index (χ1) is 8.68.